The summed E-state index contributed by atoms with van der Waals surface area (Å²) in [6, 6.07) is 0. The van der Waals surface area contributed by atoms with Gasteiger partial charge in [0.25, 0.3) is 12.1 Å². The topological polar surface area (TPSA) is 76.3 Å². The van der Waals surface area contributed by atoms with Crippen molar-refractivity contribution in [3.63, 3.8) is 0 Å². The van der Waals surface area contributed by atoms with Gasteiger partial charge in [-0.2, -0.15) is 13.2 Å². The van der Waals surface area contributed by atoms with Crippen LogP contribution in [0.25, 0.3) is 0 Å². The molecule has 10 heteroatoms. The van der Waals surface area contributed by atoms with Crippen LogP contribution in [-0.4, -0.2) is 15.0 Å². The maximum atomic E-state index is 12.6. The van der Waals surface area contributed by atoms with Gasteiger partial charge in [-0.3, -0.25) is 10.1 Å². The molecule has 0 aliphatic heterocycles. The fraction of sp³-hybridized carbons (Fsp3) is 0.375. The van der Waals surface area contributed by atoms with E-state index in [1.54, 1.807) is 0 Å². The Labute approximate surface area is 96.0 Å². The summed E-state index contributed by atoms with van der Waals surface area (Å²) in [5, 5.41) is 19.1. The predicted octanol–water partition coefficient (Wildman–Crippen LogP) is 2.44. The van der Waals surface area contributed by atoms with Crippen molar-refractivity contribution in [3.05, 3.63) is 33.1 Å². The third-order valence-electron chi connectivity index (χ3n) is 2.04. The van der Waals surface area contributed by atoms with Crippen LogP contribution in [0.15, 0.2) is 6.20 Å². The molecule has 0 aliphatic rings. The molecule has 0 saturated heterocycles. The van der Waals surface area contributed by atoms with Crippen LogP contribution >= 0.6 is 0 Å². The number of halogens is 5. The first-order chi connectivity index (χ1) is 8.20. The molecule has 0 unspecified atom stereocenters. The van der Waals surface area contributed by atoms with E-state index in [0.717, 1.165) is 0 Å². The minimum Gasteiger partial charge on any atom is -0.392 e. The standard InChI is InChI=1S/C8H5F5N2O3/c9-7(10)5-3(2-16)6(8(11,12)13)14-1-4(5)15(17)18/h1,7,16H,2H2. The van der Waals surface area contributed by atoms with Crippen LogP contribution in [0.5, 0.6) is 0 Å². The largest absolute Gasteiger partial charge is 0.433 e. The van der Waals surface area contributed by atoms with E-state index in [1.807, 2.05) is 0 Å². The third-order valence-corrected chi connectivity index (χ3v) is 2.04. The number of nitro groups is 1. The molecule has 1 aromatic heterocycles. The Morgan fingerprint density at radius 1 is 1.44 bits per heavy atom. The SMILES string of the molecule is O=[N+]([O-])c1cnc(C(F)(F)F)c(CO)c1C(F)F. The summed E-state index contributed by atoms with van der Waals surface area (Å²) >= 11 is 0. The summed E-state index contributed by atoms with van der Waals surface area (Å²) in [6.45, 7) is -1.43. The fourth-order valence-electron chi connectivity index (χ4n) is 1.35. The second-order valence-corrected chi connectivity index (χ2v) is 3.10. The maximum absolute atomic E-state index is 12.6. The molecule has 0 aromatic carbocycles. The minimum absolute atomic E-state index is 0.101. The Morgan fingerprint density at radius 3 is 2.33 bits per heavy atom. The van der Waals surface area contributed by atoms with Gasteiger partial charge < -0.3 is 5.11 Å². The molecular formula is C8H5F5N2O3. The molecule has 0 saturated carbocycles. The van der Waals surface area contributed by atoms with Crippen LogP contribution in [0.2, 0.25) is 0 Å². The molecule has 0 aliphatic carbocycles. The van der Waals surface area contributed by atoms with E-state index in [9.17, 15) is 32.1 Å². The zero-order chi connectivity index (χ0) is 14.1. The molecule has 18 heavy (non-hydrogen) atoms. The highest BCUT2D eigenvalue weighted by atomic mass is 19.4. The molecule has 1 rings (SSSR count). The van der Waals surface area contributed by atoms with E-state index in [1.165, 1.54) is 0 Å². The number of hydrogen-bond acceptors (Lipinski definition) is 4. The molecule has 1 N–H and O–H groups in total. The molecule has 100 valence electrons. The van der Waals surface area contributed by atoms with Crippen LogP contribution in [-0.2, 0) is 12.8 Å². The number of alkyl halides is 5. The van der Waals surface area contributed by atoms with Crippen molar-refractivity contribution in [2.75, 3.05) is 0 Å². The van der Waals surface area contributed by atoms with E-state index in [2.05, 4.69) is 4.98 Å². The smallest absolute Gasteiger partial charge is 0.392 e. The maximum Gasteiger partial charge on any atom is 0.433 e. The summed E-state index contributed by atoms with van der Waals surface area (Å²) in [4.78, 5) is 11.9. The van der Waals surface area contributed by atoms with E-state index < -0.39 is 46.6 Å². The zero-order valence-corrected chi connectivity index (χ0v) is 8.41. The molecular weight excluding hydrogens is 267 g/mol. The Kier molecular flexibility index (Phi) is 3.79. The molecule has 0 fully saturated rings. The van der Waals surface area contributed by atoms with Gasteiger partial charge in [-0.1, -0.05) is 0 Å². The lowest BCUT2D eigenvalue weighted by Crippen LogP contribution is -2.16. The molecule has 0 bridgehead atoms. The van der Waals surface area contributed by atoms with Gasteiger partial charge >= 0.3 is 6.18 Å². The zero-order valence-electron chi connectivity index (χ0n) is 8.41. The summed E-state index contributed by atoms with van der Waals surface area (Å²) in [6.07, 6.45) is -8.52. The number of rotatable bonds is 3. The summed E-state index contributed by atoms with van der Waals surface area (Å²) in [5.74, 6) is 0. The van der Waals surface area contributed by atoms with Crippen LogP contribution in [0.1, 0.15) is 23.2 Å². The highest BCUT2D eigenvalue weighted by molar-refractivity contribution is 5.47. The number of aliphatic hydroxyl groups excluding tert-OH is 1. The first kappa shape index (κ1) is 14.2. The fourth-order valence-corrected chi connectivity index (χ4v) is 1.35. The van der Waals surface area contributed by atoms with Gasteiger partial charge in [-0.15, -0.1) is 0 Å². The second kappa shape index (κ2) is 4.80. The summed E-state index contributed by atoms with van der Waals surface area (Å²) < 4.78 is 62.5. The monoisotopic (exact) mass is 272 g/mol. The van der Waals surface area contributed by atoms with E-state index in [0.29, 0.717) is 0 Å². The van der Waals surface area contributed by atoms with Gasteiger partial charge in [0.05, 0.1) is 11.5 Å². The quantitative estimate of drug-likeness (QED) is 0.521. The van der Waals surface area contributed by atoms with Crippen molar-refractivity contribution in [3.8, 4) is 0 Å². The van der Waals surface area contributed by atoms with Gasteiger partial charge in [-0.25, -0.2) is 13.8 Å². The van der Waals surface area contributed by atoms with Crippen molar-refractivity contribution in [1.82, 2.24) is 4.98 Å². The number of aromatic nitrogens is 1. The lowest BCUT2D eigenvalue weighted by molar-refractivity contribution is -0.386. The van der Waals surface area contributed by atoms with Crippen LogP contribution < -0.4 is 0 Å². The minimum atomic E-state index is -5.09. The lowest BCUT2D eigenvalue weighted by atomic mass is 10.1. The number of nitrogens with zero attached hydrogens (tertiary/aromatic N) is 2. The van der Waals surface area contributed by atoms with Gasteiger partial charge in [0.2, 0.25) is 0 Å². The van der Waals surface area contributed by atoms with Crippen LogP contribution in [0, 0.1) is 10.1 Å². The van der Waals surface area contributed by atoms with E-state index >= 15 is 0 Å². The van der Waals surface area contributed by atoms with Gasteiger partial charge in [0.15, 0.2) is 5.69 Å². The normalized spacial score (nSPS) is 11.9. The number of aliphatic hydroxyl groups is 1. The van der Waals surface area contributed by atoms with Crippen LogP contribution in [0.3, 0.4) is 0 Å². The number of hydrogen-bond donors (Lipinski definition) is 1. The highest BCUT2D eigenvalue weighted by Crippen LogP contribution is 2.38. The lowest BCUT2D eigenvalue weighted by Gasteiger charge is -2.13. The van der Waals surface area contributed by atoms with Crippen molar-refractivity contribution in [2.45, 2.75) is 19.2 Å². The average Bonchev–Trinajstić information content (AvgIpc) is 2.25. The Bertz CT molecular complexity index is 475. The van der Waals surface area contributed by atoms with Crippen LogP contribution in [0.4, 0.5) is 27.6 Å². The molecule has 0 amide bonds. The van der Waals surface area contributed by atoms with Crippen molar-refractivity contribution in [2.24, 2.45) is 0 Å². The number of pyridine rings is 1. The van der Waals surface area contributed by atoms with Crippen molar-refractivity contribution in [1.29, 1.82) is 0 Å². The average molecular weight is 272 g/mol. The first-order valence-corrected chi connectivity index (χ1v) is 4.32. The summed E-state index contributed by atoms with van der Waals surface area (Å²) in [5.41, 5.74) is -5.77. The molecule has 0 spiro atoms. The third kappa shape index (κ3) is 2.53. The Balaban J connectivity index is 3.64. The highest BCUT2D eigenvalue weighted by Gasteiger charge is 2.40. The van der Waals surface area contributed by atoms with Gasteiger partial charge in [0.1, 0.15) is 11.8 Å². The van der Waals surface area contributed by atoms with Crippen molar-refractivity contribution < 1.29 is 32.0 Å². The molecule has 0 radical (unpaired) electrons. The van der Waals surface area contributed by atoms with Gasteiger partial charge in [-0.05, 0) is 0 Å². The second-order valence-electron chi connectivity index (χ2n) is 3.10. The molecule has 1 aromatic rings. The van der Waals surface area contributed by atoms with E-state index in [4.69, 9.17) is 5.11 Å². The van der Waals surface area contributed by atoms with Crippen molar-refractivity contribution >= 4 is 5.69 Å². The van der Waals surface area contributed by atoms with Gasteiger partial charge in [0, 0.05) is 5.56 Å². The molecule has 1 heterocycles. The predicted molar refractivity (Wildman–Crippen MR) is 46.8 cm³/mol. The summed E-state index contributed by atoms with van der Waals surface area (Å²) in [7, 11) is 0. The molecule has 5 nitrogen and oxygen atoms in total. The first-order valence-electron chi connectivity index (χ1n) is 4.32. The Hall–Kier alpha value is -1.84. The molecule has 0 atom stereocenters. The Morgan fingerprint density at radius 2 is 2.00 bits per heavy atom. The van der Waals surface area contributed by atoms with E-state index in [-0.39, 0.29) is 6.20 Å².